The fourth-order valence-corrected chi connectivity index (χ4v) is 7.75. The van der Waals surface area contributed by atoms with Crippen LogP contribution in [0.4, 0.5) is 0 Å². The maximum Gasteiger partial charge on any atom is 0.487 e. The van der Waals surface area contributed by atoms with Crippen molar-refractivity contribution in [3.63, 3.8) is 0 Å². The van der Waals surface area contributed by atoms with Gasteiger partial charge >= 0.3 is 7.12 Å². The van der Waals surface area contributed by atoms with Gasteiger partial charge in [-0.05, 0) is 103 Å². The van der Waals surface area contributed by atoms with Gasteiger partial charge in [0.05, 0.1) is 23.1 Å². The molecule has 3 rings (SSSR count). The van der Waals surface area contributed by atoms with E-state index in [0.717, 1.165) is 31.9 Å². The second-order valence-electron chi connectivity index (χ2n) is 12.9. The molecule has 3 aliphatic rings. The lowest BCUT2D eigenvalue weighted by molar-refractivity contribution is 0.00578. The molecule has 3 fully saturated rings. The molecule has 0 radical (unpaired) electrons. The van der Waals surface area contributed by atoms with Crippen molar-refractivity contribution >= 4 is 17.2 Å². The third kappa shape index (κ3) is 6.07. The predicted octanol–water partition coefficient (Wildman–Crippen LogP) is 6.32. The molecule has 0 aromatic carbocycles. The van der Waals surface area contributed by atoms with E-state index in [4.69, 9.17) is 13.5 Å². The molecule has 0 aromatic rings. The molecule has 4 atom stereocenters. The van der Waals surface area contributed by atoms with Crippen molar-refractivity contribution in [1.29, 1.82) is 0 Å². The zero-order valence-corrected chi connectivity index (χ0v) is 23.3. The van der Waals surface area contributed by atoms with Crippen LogP contribution >= 0.6 is 0 Å². The largest absolute Gasteiger partial charge is 0.487 e. The van der Waals surface area contributed by atoms with E-state index < -0.39 is 15.7 Å². The fourth-order valence-electron chi connectivity index (χ4n) is 6.85. The maximum absolute atomic E-state index is 11.5. The van der Waals surface area contributed by atoms with Crippen LogP contribution in [0.5, 0.6) is 0 Å². The van der Waals surface area contributed by atoms with Crippen LogP contribution in [0.1, 0.15) is 107 Å². The number of fused-ring (bicyclic) bond motifs is 1. The Hall–Kier alpha value is -0.365. The van der Waals surface area contributed by atoms with Crippen molar-refractivity contribution in [1.82, 2.24) is 0 Å². The molecule has 2 saturated carbocycles. The smallest absolute Gasteiger partial charge is 0.400 e. The molecule has 190 valence electrons. The third-order valence-corrected chi connectivity index (χ3v) is 9.92. The molecule has 5 nitrogen and oxygen atoms in total. The van der Waals surface area contributed by atoms with E-state index in [0.29, 0.717) is 23.2 Å². The van der Waals surface area contributed by atoms with Gasteiger partial charge in [0.2, 0.25) is 0 Å². The highest BCUT2D eigenvalue weighted by Gasteiger charge is 2.53. The molecular formula is C26H47BO5S. The first-order valence-corrected chi connectivity index (χ1v) is 14.7. The van der Waals surface area contributed by atoms with Gasteiger partial charge in [-0.15, -0.1) is 0 Å². The Kier molecular flexibility index (Phi) is 7.64. The van der Waals surface area contributed by atoms with Gasteiger partial charge in [-0.2, -0.15) is 8.42 Å². The topological polar surface area (TPSA) is 61.8 Å². The molecular weight excluding hydrogens is 435 g/mol. The summed E-state index contributed by atoms with van der Waals surface area (Å²) in [6, 6.07) is 0. The quantitative estimate of drug-likeness (QED) is 0.299. The number of rotatable bonds is 8. The Morgan fingerprint density at radius 3 is 2.33 bits per heavy atom. The van der Waals surface area contributed by atoms with Gasteiger partial charge in [0.15, 0.2) is 0 Å². The van der Waals surface area contributed by atoms with Gasteiger partial charge in [0.1, 0.15) is 0 Å². The summed E-state index contributed by atoms with van der Waals surface area (Å²) in [7, 11) is -3.68. The van der Waals surface area contributed by atoms with Crippen molar-refractivity contribution < 1.29 is 21.9 Å². The van der Waals surface area contributed by atoms with Gasteiger partial charge in [-0.1, -0.05) is 38.2 Å². The van der Waals surface area contributed by atoms with Crippen LogP contribution < -0.4 is 0 Å². The average molecular weight is 483 g/mol. The lowest BCUT2D eigenvalue weighted by Gasteiger charge is -2.44. The van der Waals surface area contributed by atoms with Crippen molar-refractivity contribution in [2.24, 2.45) is 23.2 Å². The van der Waals surface area contributed by atoms with Gasteiger partial charge in [-0.25, -0.2) is 0 Å². The average Bonchev–Trinajstić information content (AvgIpc) is 3.05. The minimum Gasteiger partial charge on any atom is -0.400 e. The normalized spacial score (nSPS) is 34.0. The first-order valence-electron chi connectivity index (χ1n) is 12.9. The molecule has 0 N–H and O–H groups in total. The van der Waals surface area contributed by atoms with Crippen molar-refractivity contribution in [3.05, 3.63) is 11.5 Å². The fraction of sp³-hybridized carbons (Fsp3) is 0.923. The Morgan fingerprint density at radius 1 is 1.15 bits per heavy atom. The van der Waals surface area contributed by atoms with E-state index in [2.05, 4.69) is 47.5 Å². The first kappa shape index (κ1) is 27.2. The van der Waals surface area contributed by atoms with E-state index in [-0.39, 0.29) is 18.3 Å². The van der Waals surface area contributed by atoms with Crippen LogP contribution in [0.15, 0.2) is 11.5 Å². The van der Waals surface area contributed by atoms with Gasteiger partial charge < -0.3 is 9.31 Å². The molecule has 1 heterocycles. The Bertz CT molecular complexity index is 831. The molecule has 2 unspecified atom stereocenters. The summed E-state index contributed by atoms with van der Waals surface area (Å²) < 4.78 is 40.9. The molecule has 0 bridgehead atoms. The van der Waals surface area contributed by atoms with Gasteiger partial charge in [0, 0.05) is 0 Å². The van der Waals surface area contributed by atoms with E-state index >= 15 is 0 Å². The monoisotopic (exact) mass is 482 g/mol. The van der Waals surface area contributed by atoms with Crippen molar-refractivity contribution in [2.75, 3.05) is 6.26 Å². The molecule has 1 saturated heterocycles. The SMILES string of the molecule is C[C@H](CCCC(C)(C)OS(C)(=O)=O)C1CCC2/C(=C/B3OC(C)(C)C(C)(C)O3)CCC[C@@]21C. The van der Waals surface area contributed by atoms with Crippen LogP contribution in [0.3, 0.4) is 0 Å². The summed E-state index contributed by atoms with van der Waals surface area (Å²) in [6.07, 6.45) is 10.2. The van der Waals surface area contributed by atoms with E-state index in [9.17, 15) is 8.42 Å². The number of hydrogen-bond donors (Lipinski definition) is 0. The molecule has 2 aliphatic carbocycles. The molecule has 0 aromatic heterocycles. The molecule has 33 heavy (non-hydrogen) atoms. The number of hydrogen-bond acceptors (Lipinski definition) is 5. The highest BCUT2D eigenvalue weighted by Crippen LogP contribution is 2.60. The summed E-state index contributed by atoms with van der Waals surface area (Å²) in [5.41, 5.74) is 0.632. The third-order valence-electron chi connectivity index (χ3n) is 9.16. The van der Waals surface area contributed by atoms with Gasteiger partial charge in [0.25, 0.3) is 10.1 Å². The Labute approximate surface area is 203 Å². The highest BCUT2D eigenvalue weighted by molar-refractivity contribution is 7.86. The van der Waals surface area contributed by atoms with Crippen LogP contribution in [-0.2, 0) is 23.6 Å². The van der Waals surface area contributed by atoms with E-state index in [1.54, 1.807) is 5.57 Å². The Balaban J connectivity index is 1.63. The zero-order chi connectivity index (χ0) is 24.9. The maximum atomic E-state index is 11.5. The summed E-state index contributed by atoms with van der Waals surface area (Å²) in [5, 5.41) is 0. The summed E-state index contributed by atoms with van der Waals surface area (Å²) in [5.74, 6) is 4.23. The predicted molar refractivity (Wildman–Crippen MR) is 135 cm³/mol. The lowest BCUT2D eigenvalue weighted by Crippen LogP contribution is -2.41. The summed E-state index contributed by atoms with van der Waals surface area (Å²) in [4.78, 5) is 0. The summed E-state index contributed by atoms with van der Waals surface area (Å²) >= 11 is 0. The van der Waals surface area contributed by atoms with Crippen LogP contribution in [0.2, 0.25) is 0 Å². The minimum absolute atomic E-state index is 0.249. The molecule has 0 spiro atoms. The van der Waals surface area contributed by atoms with Crippen molar-refractivity contribution in [3.8, 4) is 0 Å². The minimum atomic E-state index is -3.43. The summed E-state index contributed by atoms with van der Waals surface area (Å²) in [6.45, 7) is 17.1. The van der Waals surface area contributed by atoms with E-state index in [1.807, 2.05) is 13.8 Å². The zero-order valence-electron chi connectivity index (χ0n) is 22.5. The Morgan fingerprint density at radius 2 is 1.76 bits per heavy atom. The van der Waals surface area contributed by atoms with Crippen LogP contribution in [-0.4, -0.2) is 38.6 Å². The van der Waals surface area contributed by atoms with Crippen molar-refractivity contribution in [2.45, 2.75) is 124 Å². The molecule has 0 amide bonds. The second kappa shape index (κ2) is 9.26. The number of allylic oxidation sites excluding steroid dienone is 1. The highest BCUT2D eigenvalue weighted by atomic mass is 32.2. The van der Waals surface area contributed by atoms with Crippen LogP contribution in [0.25, 0.3) is 0 Å². The lowest BCUT2D eigenvalue weighted by atomic mass is 9.59. The van der Waals surface area contributed by atoms with Crippen LogP contribution in [0, 0.1) is 23.2 Å². The first-order chi connectivity index (χ1) is 15.0. The van der Waals surface area contributed by atoms with E-state index in [1.165, 1.54) is 25.7 Å². The molecule has 1 aliphatic heterocycles. The molecule has 7 heteroatoms. The standard InChI is InChI=1S/C26H47BO5S/c1-19(12-10-16-23(2,3)32-33(9,28)29)21-14-15-22-20(13-11-17-26(21,22)8)18-27-30-24(4,5)25(6,7)31-27/h18-19,21-22H,10-17H2,1-9H3/b20-18+/t19-,21?,22?,26-/m1/s1. The van der Waals surface area contributed by atoms with Gasteiger partial charge in [-0.3, -0.25) is 4.18 Å². The second-order valence-corrected chi connectivity index (χ2v) is 14.5.